The molecule has 39 heavy (non-hydrogen) atoms. The van der Waals surface area contributed by atoms with Gasteiger partial charge >= 0.3 is 0 Å². The molecule has 1 aliphatic rings. The molecule has 1 heterocycles. The lowest BCUT2D eigenvalue weighted by molar-refractivity contribution is 0.660. The first-order chi connectivity index (χ1) is 19.1. The monoisotopic (exact) mass is 501 g/mol. The molecule has 0 amide bonds. The van der Waals surface area contributed by atoms with Crippen LogP contribution in [0.1, 0.15) is 25.0 Å². The van der Waals surface area contributed by atoms with Crippen LogP contribution in [-0.2, 0) is 5.41 Å². The van der Waals surface area contributed by atoms with Crippen LogP contribution in [0.15, 0.2) is 132 Å². The van der Waals surface area contributed by atoms with Crippen LogP contribution >= 0.6 is 0 Å². The molecule has 0 saturated carbocycles. The molecule has 0 N–H and O–H groups in total. The molecule has 1 aromatic heterocycles. The van der Waals surface area contributed by atoms with Crippen molar-refractivity contribution in [3.05, 3.63) is 139 Å². The van der Waals surface area contributed by atoms with Crippen molar-refractivity contribution < 1.29 is 4.42 Å². The Hall–Kier alpha value is -4.82. The number of benzene rings is 6. The summed E-state index contributed by atoms with van der Waals surface area (Å²) in [4.78, 5) is 2.41. The molecule has 0 radical (unpaired) electrons. The zero-order valence-corrected chi connectivity index (χ0v) is 22.0. The predicted molar refractivity (Wildman–Crippen MR) is 163 cm³/mol. The fourth-order valence-electron chi connectivity index (χ4n) is 6.55. The number of furan rings is 1. The summed E-state index contributed by atoms with van der Waals surface area (Å²) in [6.45, 7) is 4.68. The minimum atomic E-state index is -0.0723. The van der Waals surface area contributed by atoms with Crippen LogP contribution < -0.4 is 4.90 Å². The maximum absolute atomic E-state index is 6.42. The van der Waals surface area contributed by atoms with E-state index in [-0.39, 0.29) is 5.41 Å². The molecule has 0 atom stereocenters. The highest BCUT2D eigenvalue weighted by atomic mass is 16.3. The second-order valence-electron chi connectivity index (χ2n) is 11.0. The van der Waals surface area contributed by atoms with Gasteiger partial charge in [0.1, 0.15) is 11.2 Å². The lowest BCUT2D eigenvalue weighted by Crippen LogP contribution is -2.16. The van der Waals surface area contributed by atoms with E-state index in [1.165, 1.54) is 22.3 Å². The van der Waals surface area contributed by atoms with Crippen LogP contribution in [0.4, 0.5) is 17.1 Å². The first-order valence-electron chi connectivity index (χ1n) is 13.5. The van der Waals surface area contributed by atoms with Crippen molar-refractivity contribution in [2.75, 3.05) is 4.90 Å². The van der Waals surface area contributed by atoms with Gasteiger partial charge in [-0.3, -0.25) is 0 Å². The number of fused-ring (bicyclic) bond motifs is 8. The van der Waals surface area contributed by atoms with Crippen molar-refractivity contribution >= 4 is 49.8 Å². The average molecular weight is 502 g/mol. The zero-order chi connectivity index (χ0) is 26.1. The highest BCUT2D eigenvalue weighted by Gasteiger charge is 2.35. The summed E-state index contributed by atoms with van der Waals surface area (Å²) in [5.41, 5.74) is 10.6. The van der Waals surface area contributed by atoms with Gasteiger partial charge in [0.2, 0.25) is 0 Å². The topological polar surface area (TPSA) is 16.4 Å². The van der Waals surface area contributed by atoms with Crippen molar-refractivity contribution in [2.24, 2.45) is 0 Å². The molecule has 2 heteroatoms. The standard InChI is InChI=1S/C37H27NO/c1-37(2)32-18-10-8-14-26(32)27-21-20-25(22-33(27)37)38(24-12-4-3-5-13-24)34-23-31-29-16-9-11-19-35(29)39-36(31)30-17-7-6-15-28(30)34/h3-23H,1-2H3. The van der Waals surface area contributed by atoms with E-state index in [9.17, 15) is 0 Å². The van der Waals surface area contributed by atoms with Crippen molar-refractivity contribution in [3.8, 4) is 11.1 Å². The molecule has 7 aromatic rings. The predicted octanol–water partition coefficient (Wildman–Crippen LogP) is 10.5. The van der Waals surface area contributed by atoms with Gasteiger partial charge in [0.05, 0.1) is 5.69 Å². The van der Waals surface area contributed by atoms with Crippen LogP contribution in [0, 0.1) is 0 Å². The van der Waals surface area contributed by atoms with Gasteiger partial charge < -0.3 is 9.32 Å². The Kier molecular flexibility index (Phi) is 4.60. The molecule has 186 valence electrons. The molecule has 0 spiro atoms. The Morgan fingerprint density at radius 3 is 2.03 bits per heavy atom. The fourth-order valence-corrected chi connectivity index (χ4v) is 6.55. The molecular formula is C37H27NO. The Bertz CT molecular complexity index is 2050. The summed E-state index contributed by atoms with van der Waals surface area (Å²) >= 11 is 0. The van der Waals surface area contributed by atoms with Crippen LogP contribution in [0.2, 0.25) is 0 Å². The van der Waals surface area contributed by atoms with E-state index in [1.54, 1.807) is 0 Å². The van der Waals surface area contributed by atoms with Crippen molar-refractivity contribution in [1.29, 1.82) is 0 Å². The summed E-state index contributed by atoms with van der Waals surface area (Å²) in [6.07, 6.45) is 0. The van der Waals surface area contributed by atoms with Gasteiger partial charge in [0, 0.05) is 38.3 Å². The summed E-state index contributed by atoms with van der Waals surface area (Å²) in [7, 11) is 0. The first kappa shape index (κ1) is 22.2. The van der Waals surface area contributed by atoms with E-state index in [4.69, 9.17) is 4.42 Å². The minimum absolute atomic E-state index is 0.0723. The SMILES string of the molecule is CC1(C)c2ccccc2-c2ccc(N(c3ccccc3)c3cc4c5ccccc5oc4c4ccccc34)cc21. The van der Waals surface area contributed by atoms with Gasteiger partial charge in [-0.1, -0.05) is 105 Å². The third kappa shape index (κ3) is 3.15. The maximum atomic E-state index is 6.42. The smallest absolute Gasteiger partial charge is 0.143 e. The molecule has 0 aliphatic heterocycles. The highest BCUT2D eigenvalue weighted by molar-refractivity contribution is 6.19. The van der Waals surface area contributed by atoms with Gasteiger partial charge in [-0.15, -0.1) is 0 Å². The quantitative estimate of drug-likeness (QED) is 0.239. The molecule has 0 saturated heterocycles. The number of para-hydroxylation sites is 2. The van der Waals surface area contributed by atoms with Gasteiger partial charge in [0.25, 0.3) is 0 Å². The Morgan fingerprint density at radius 1 is 0.513 bits per heavy atom. The van der Waals surface area contributed by atoms with Crippen LogP contribution in [0.5, 0.6) is 0 Å². The second-order valence-corrected chi connectivity index (χ2v) is 11.0. The second kappa shape index (κ2) is 8.09. The van der Waals surface area contributed by atoms with Crippen molar-refractivity contribution in [3.63, 3.8) is 0 Å². The minimum Gasteiger partial charge on any atom is -0.455 e. The van der Waals surface area contributed by atoms with E-state index >= 15 is 0 Å². The molecule has 0 bridgehead atoms. The van der Waals surface area contributed by atoms with Gasteiger partial charge in [0.15, 0.2) is 0 Å². The Morgan fingerprint density at radius 2 is 1.18 bits per heavy atom. The molecule has 0 fully saturated rings. The molecule has 0 unspecified atom stereocenters. The highest BCUT2D eigenvalue weighted by Crippen LogP contribution is 2.51. The van der Waals surface area contributed by atoms with E-state index in [1.807, 2.05) is 6.07 Å². The molecular weight excluding hydrogens is 474 g/mol. The van der Waals surface area contributed by atoms with Gasteiger partial charge in [-0.05, 0) is 58.7 Å². The molecule has 2 nitrogen and oxygen atoms in total. The van der Waals surface area contributed by atoms with E-state index in [2.05, 4.69) is 140 Å². The Labute approximate surface area is 227 Å². The number of hydrogen-bond donors (Lipinski definition) is 0. The maximum Gasteiger partial charge on any atom is 0.143 e. The molecule has 6 aromatic carbocycles. The van der Waals surface area contributed by atoms with E-state index in [0.717, 1.165) is 49.8 Å². The number of anilines is 3. The summed E-state index contributed by atoms with van der Waals surface area (Å²) in [5.74, 6) is 0. The Balaban J connectivity index is 1.44. The summed E-state index contributed by atoms with van der Waals surface area (Å²) < 4.78 is 6.42. The number of hydrogen-bond acceptors (Lipinski definition) is 2. The summed E-state index contributed by atoms with van der Waals surface area (Å²) in [6, 6.07) is 45.7. The lowest BCUT2D eigenvalue weighted by Gasteiger charge is -2.29. The lowest BCUT2D eigenvalue weighted by atomic mass is 9.82. The fraction of sp³-hybridized carbons (Fsp3) is 0.0811. The van der Waals surface area contributed by atoms with Gasteiger partial charge in [-0.2, -0.15) is 0 Å². The largest absolute Gasteiger partial charge is 0.455 e. The third-order valence-corrected chi connectivity index (χ3v) is 8.44. The normalized spacial score (nSPS) is 13.6. The van der Waals surface area contributed by atoms with E-state index < -0.39 is 0 Å². The van der Waals surface area contributed by atoms with Crippen LogP contribution in [-0.4, -0.2) is 0 Å². The first-order valence-corrected chi connectivity index (χ1v) is 13.5. The molecule has 8 rings (SSSR count). The zero-order valence-electron chi connectivity index (χ0n) is 22.0. The van der Waals surface area contributed by atoms with Gasteiger partial charge in [-0.25, -0.2) is 0 Å². The van der Waals surface area contributed by atoms with Crippen LogP contribution in [0.3, 0.4) is 0 Å². The van der Waals surface area contributed by atoms with E-state index in [0.29, 0.717) is 0 Å². The number of nitrogens with zero attached hydrogens (tertiary/aromatic N) is 1. The number of rotatable bonds is 3. The van der Waals surface area contributed by atoms with Crippen molar-refractivity contribution in [1.82, 2.24) is 0 Å². The summed E-state index contributed by atoms with van der Waals surface area (Å²) in [5, 5.41) is 4.55. The van der Waals surface area contributed by atoms with Crippen LogP contribution in [0.25, 0.3) is 43.8 Å². The molecule has 1 aliphatic carbocycles. The average Bonchev–Trinajstić information content (AvgIpc) is 3.47. The third-order valence-electron chi connectivity index (χ3n) is 8.44. The van der Waals surface area contributed by atoms with Crippen molar-refractivity contribution in [2.45, 2.75) is 19.3 Å².